The fraction of sp³-hybridized carbons (Fsp3) is 0.529. The fourth-order valence-corrected chi connectivity index (χ4v) is 3.18. The molecule has 0 aliphatic carbocycles. The minimum absolute atomic E-state index is 0.0538. The molecular formula is C17H23N5O3. The molecule has 0 aromatic carbocycles. The summed E-state index contributed by atoms with van der Waals surface area (Å²) in [7, 11) is 0. The second-order valence-corrected chi connectivity index (χ2v) is 6.83. The minimum atomic E-state index is -0.970. The quantitative estimate of drug-likeness (QED) is 0.885. The molecule has 0 atom stereocenters. The van der Waals surface area contributed by atoms with Crippen LogP contribution < -0.4 is 10.5 Å². The molecule has 1 saturated heterocycles. The zero-order valence-corrected chi connectivity index (χ0v) is 14.5. The molecule has 0 radical (unpaired) electrons. The smallest absolute Gasteiger partial charge is 0.338 e. The van der Waals surface area contributed by atoms with Gasteiger partial charge in [0.05, 0.1) is 17.8 Å². The van der Waals surface area contributed by atoms with E-state index >= 15 is 0 Å². The lowest BCUT2D eigenvalue weighted by Gasteiger charge is -2.32. The fourth-order valence-electron chi connectivity index (χ4n) is 3.18. The van der Waals surface area contributed by atoms with Crippen LogP contribution in [0.15, 0.2) is 29.6 Å². The molecule has 25 heavy (non-hydrogen) atoms. The van der Waals surface area contributed by atoms with E-state index in [0.717, 1.165) is 12.8 Å². The number of anilines is 1. The molecule has 0 unspecified atom stereocenters. The topological polar surface area (TPSA) is 93.2 Å². The molecule has 2 aromatic rings. The van der Waals surface area contributed by atoms with Crippen molar-refractivity contribution in [1.82, 2.24) is 19.3 Å². The van der Waals surface area contributed by atoms with Gasteiger partial charge in [-0.15, -0.1) is 0 Å². The van der Waals surface area contributed by atoms with Gasteiger partial charge in [0.1, 0.15) is 0 Å². The van der Waals surface area contributed by atoms with Crippen molar-refractivity contribution < 1.29 is 9.90 Å². The van der Waals surface area contributed by atoms with Crippen LogP contribution in [0.3, 0.4) is 0 Å². The molecule has 134 valence electrons. The van der Waals surface area contributed by atoms with Gasteiger partial charge in [0.25, 0.3) is 5.56 Å². The third-order valence-electron chi connectivity index (χ3n) is 4.44. The third-order valence-corrected chi connectivity index (χ3v) is 4.44. The molecule has 2 aromatic heterocycles. The molecule has 8 nitrogen and oxygen atoms in total. The molecule has 1 aliphatic rings. The van der Waals surface area contributed by atoms with Gasteiger partial charge in [0.15, 0.2) is 5.82 Å². The Morgan fingerprint density at radius 2 is 2.08 bits per heavy atom. The first-order chi connectivity index (χ1) is 12.0. The summed E-state index contributed by atoms with van der Waals surface area (Å²) < 4.78 is 3.43. The van der Waals surface area contributed by atoms with E-state index < -0.39 is 5.97 Å². The van der Waals surface area contributed by atoms with E-state index in [1.807, 2.05) is 4.90 Å². The Balaban J connectivity index is 1.70. The summed E-state index contributed by atoms with van der Waals surface area (Å²) in [5.74, 6) is -0.0851. The first-order valence-corrected chi connectivity index (χ1v) is 8.53. The third kappa shape index (κ3) is 3.72. The van der Waals surface area contributed by atoms with E-state index in [1.165, 1.54) is 6.20 Å². The lowest BCUT2D eigenvalue weighted by molar-refractivity contribution is 0.0696. The van der Waals surface area contributed by atoms with Crippen LogP contribution in [-0.4, -0.2) is 43.5 Å². The molecular weight excluding hydrogens is 322 g/mol. The molecule has 1 N–H and O–H groups in total. The zero-order chi connectivity index (χ0) is 18.0. The van der Waals surface area contributed by atoms with E-state index in [-0.39, 0.29) is 17.2 Å². The van der Waals surface area contributed by atoms with Gasteiger partial charge < -0.3 is 14.6 Å². The molecule has 0 amide bonds. The van der Waals surface area contributed by atoms with Gasteiger partial charge in [0, 0.05) is 38.2 Å². The number of nitrogens with zero attached hydrogens (tertiary/aromatic N) is 5. The highest BCUT2D eigenvalue weighted by atomic mass is 16.4. The van der Waals surface area contributed by atoms with Crippen LogP contribution in [0.1, 0.15) is 43.1 Å². The maximum absolute atomic E-state index is 12.6. The second kappa shape index (κ2) is 7.08. The Morgan fingerprint density at radius 3 is 2.68 bits per heavy atom. The highest BCUT2D eigenvalue weighted by Crippen LogP contribution is 2.24. The summed E-state index contributed by atoms with van der Waals surface area (Å²) in [5, 5.41) is 13.2. The van der Waals surface area contributed by atoms with Crippen molar-refractivity contribution in [2.24, 2.45) is 5.92 Å². The van der Waals surface area contributed by atoms with Gasteiger partial charge in [-0.2, -0.15) is 5.10 Å². The van der Waals surface area contributed by atoms with Crippen LogP contribution >= 0.6 is 0 Å². The van der Waals surface area contributed by atoms with Crippen molar-refractivity contribution in [3.05, 3.63) is 40.7 Å². The van der Waals surface area contributed by atoms with Crippen molar-refractivity contribution in [3.8, 4) is 0 Å². The number of rotatable bonds is 5. The lowest BCUT2D eigenvalue weighted by Crippen LogP contribution is -2.40. The number of aromatic carboxylic acids is 1. The molecule has 1 aliphatic heterocycles. The van der Waals surface area contributed by atoms with E-state index in [1.54, 1.807) is 27.8 Å². The number of piperidine rings is 1. The number of carboxylic acid groups (broad SMARTS) is 1. The van der Waals surface area contributed by atoms with Crippen LogP contribution in [-0.2, 0) is 6.54 Å². The van der Waals surface area contributed by atoms with Crippen molar-refractivity contribution in [3.63, 3.8) is 0 Å². The molecule has 3 rings (SSSR count). The van der Waals surface area contributed by atoms with Gasteiger partial charge in [-0.05, 0) is 18.8 Å². The zero-order valence-electron chi connectivity index (χ0n) is 14.5. The Hall–Kier alpha value is -2.64. The van der Waals surface area contributed by atoms with Crippen molar-refractivity contribution >= 4 is 11.8 Å². The summed E-state index contributed by atoms with van der Waals surface area (Å²) in [6, 6.07) is 0.144. The molecule has 0 saturated carbocycles. The van der Waals surface area contributed by atoms with Crippen LogP contribution in [0.4, 0.5) is 5.82 Å². The SMILES string of the molecule is CC(C)Cn1ccnc(N2CCC(n3cc(C(=O)O)cn3)CC2)c1=O. The number of carboxylic acids is 1. The largest absolute Gasteiger partial charge is 0.478 e. The average molecular weight is 345 g/mol. The van der Waals surface area contributed by atoms with Gasteiger partial charge in [-0.1, -0.05) is 13.8 Å². The van der Waals surface area contributed by atoms with Crippen molar-refractivity contribution in [2.75, 3.05) is 18.0 Å². The van der Waals surface area contributed by atoms with E-state index in [0.29, 0.717) is 31.4 Å². The van der Waals surface area contributed by atoms with Crippen LogP contribution in [0.5, 0.6) is 0 Å². The molecule has 0 bridgehead atoms. The maximum atomic E-state index is 12.6. The van der Waals surface area contributed by atoms with Gasteiger partial charge in [-0.25, -0.2) is 9.78 Å². The Kier molecular flexibility index (Phi) is 4.87. The standard InChI is InChI=1S/C17H23N5O3/c1-12(2)10-21-8-5-18-15(16(21)23)20-6-3-14(4-7-20)22-11-13(9-19-22)17(24)25/h5,8-9,11-12,14H,3-4,6-7,10H2,1-2H3,(H,24,25). The predicted molar refractivity (Wildman–Crippen MR) is 93.0 cm³/mol. The number of carbonyl (C=O) groups is 1. The van der Waals surface area contributed by atoms with Crippen LogP contribution in [0, 0.1) is 5.92 Å². The van der Waals surface area contributed by atoms with Crippen molar-refractivity contribution in [2.45, 2.75) is 39.3 Å². The summed E-state index contributed by atoms with van der Waals surface area (Å²) in [5.41, 5.74) is 0.144. The second-order valence-electron chi connectivity index (χ2n) is 6.83. The van der Waals surface area contributed by atoms with Crippen molar-refractivity contribution in [1.29, 1.82) is 0 Å². The van der Waals surface area contributed by atoms with Gasteiger partial charge in [-0.3, -0.25) is 9.48 Å². The minimum Gasteiger partial charge on any atom is -0.478 e. The first kappa shape index (κ1) is 17.2. The average Bonchev–Trinajstić information content (AvgIpc) is 3.07. The predicted octanol–water partition coefficient (Wildman–Crippen LogP) is 1.64. The van der Waals surface area contributed by atoms with E-state index in [9.17, 15) is 9.59 Å². The summed E-state index contributed by atoms with van der Waals surface area (Å²) in [4.78, 5) is 29.9. The molecule has 0 spiro atoms. The molecule has 3 heterocycles. The number of aromatic nitrogens is 4. The normalized spacial score (nSPS) is 15.7. The van der Waals surface area contributed by atoms with Gasteiger partial charge in [0.2, 0.25) is 0 Å². The Morgan fingerprint density at radius 1 is 1.36 bits per heavy atom. The summed E-state index contributed by atoms with van der Waals surface area (Å²) >= 11 is 0. The first-order valence-electron chi connectivity index (χ1n) is 8.53. The lowest BCUT2D eigenvalue weighted by atomic mass is 10.1. The van der Waals surface area contributed by atoms with E-state index in [4.69, 9.17) is 5.11 Å². The number of hydrogen-bond donors (Lipinski definition) is 1. The van der Waals surface area contributed by atoms with Crippen LogP contribution in [0.25, 0.3) is 0 Å². The summed E-state index contributed by atoms with van der Waals surface area (Å²) in [6.45, 7) is 6.22. The monoisotopic (exact) mass is 345 g/mol. The Bertz CT molecular complexity index is 803. The van der Waals surface area contributed by atoms with Gasteiger partial charge >= 0.3 is 5.97 Å². The Labute approximate surface area is 145 Å². The number of hydrogen-bond acceptors (Lipinski definition) is 5. The highest BCUT2D eigenvalue weighted by molar-refractivity contribution is 5.86. The molecule has 1 fully saturated rings. The molecule has 8 heteroatoms. The highest BCUT2D eigenvalue weighted by Gasteiger charge is 2.24. The van der Waals surface area contributed by atoms with Crippen LogP contribution in [0.2, 0.25) is 0 Å². The van der Waals surface area contributed by atoms with E-state index in [2.05, 4.69) is 23.9 Å². The maximum Gasteiger partial charge on any atom is 0.338 e. The summed E-state index contributed by atoms with van der Waals surface area (Å²) in [6.07, 6.45) is 7.94.